The van der Waals surface area contributed by atoms with E-state index < -0.39 is 11.3 Å². The van der Waals surface area contributed by atoms with Gasteiger partial charge in [0.05, 0.1) is 40.9 Å². The summed E-state index contributed by atoms with van der Waals surface area (Å²) in [7, 11) is 1.66. The molecule has 0 bridgehead atoms. The lowest BCUT2D eigenvalue weighted by Gasteiger charge is -2.48. The number of anilines is 3. The molecule has 6 aliphatic heterocycles. The average molecular weight is 994 g/mol. The fraction of sp³-hybridized carbons (Fsp3) is 0.607. The largest absolute Gasteiger partial charge is 0.380 e. The normalized spacial score (nSPS) is 26.9. The summed E-state index contributed by atoms with van der Waals surface area (Å²) in [6.07, 6.45) is 15.1. The first-order chi connectivity index (χ1) is 35.4. The molecule has 2 saturated carbocycles. The molecule has 2 unspecified atom stereocenters. The monoisotopic (exact) mass is 994 g/mol. The van der Waals surface area contributed by atoms with Crippen LogP contribution in [0.5, 0.6) is 0 Å². The van der Waals surface area contributed by atoms with Gasteiger partial charge in [-0.2, -0.15) is 0 Å². The quantitative estimate of drug-likeness (QED) is 0.164. The van der Waals surface area contributed by atoms with Crippen LogP contribution in [-0.4, -0.2) is 147 Å². The minimum absolute atomic E-state index is 0.0364. The number of methoxy groups -OCH3 is 1. The van der Waals surface area contributed by atoms with Crippen LogP contribution in [0.25, 0.3) is 22.3 Å². The van der Waals surface area contributed by atoms with E-state index in [1.54, 1.807) is 13.3 Å². The number of carbonyl (C=O) groups is 5. The van der Waals surface area contributed by atoms with Gasteiger partial charge >= 0.3 is 0 Å². The number of fused-ring (bicyclic) bond motifs is 3. The number of nitrogens with one attached hydrogen (secondary N) is 2. The lowest BCUT2D eigenvalue weighted by Crippen LogP contribution is -2.59. The van der Waals surface area contributed by atoms with Gasteiger partial charge in [0, 0.05) is 100 Å². The first kappa shape index (κ1) is 48.0. The standard InChI is InChI=1S/C56H71N11O6/c1-34(2)66-33-58-46-29-45(60-51(50(46)66)59-39-9-10-39)36-7-12-44-47(26-36)67(41-27-40(28-41)62-19-5-4-6-20-62)55(72)56(44)17-23-64(24-18-56)54(71)38-25-42(73-3)32-65(31-38)53(70)35-15-21-63(22-16-35)48-13-8-37(30-57-48)43-11-14-49(68)61-52(43)69/h7-8,12-13,26,29-30,33-35,38-43H,4-6,9-11,14-25,27-28,31-32H2,1-3H3,(H,59,60)(H,61,68,69)/t38?,40?,41?,42?,43-/m1/s1. The molecule has 9 heterocycles. The number of carbonyl (C=O) groups excluding carboxylic acids is 5. The van der Waals surface area contributed by atoms with E-state index in [0.29, 0.717) is 96.3 Å². The number of hydrogen-bond acceptors (Lipinski definition) is 12. The lowest BCUT2D eigenvalue weighted by molar-refractivity contribution is -0.149. The highest BCUT2D eigenvalue weighted by Gasteiger charge is 2.56. The highest BCUT2D eigenvalue weighted by Crippen LogP contribution is 2.52. The van der Waals surface area contributed by atoms with Gasteiger partial charge in [-0.3, -0.25) is 29.3 Å². The van der Waals surface area contributed by atoms with E-state index in [2.05, 4.69) is 73.0 Å². The Morgan fingerprint density at radius 2 is 1.58 bits per heavy atom. The van der Waals surface area contributed by atoms with E-state index >= 15 is 4.79 Å². The number of rotatable bonds is 11. The van der Waals surface area contributed by atoms with Gasteiger partial charge in [0.15, 0.2) is 5.82 Å². The minimum Gasteiger partial charge on any atom is -0.380 e. The van der Waals surface area contributed by atoms with Crippen molar-refractivity contribution in [3.63, 3.8) is 0 Å². The molecule has 3 atom stereocenters. The van der Waals surface area contributed by atoms with Crippen LogP contribution < -0.4 is 20.4 Å². The van der Waals surface area contributed by atoms with Crippen LogP contribution in [0.3, 0.4) is 0 Å². The third kappa shape index (κ3) is 8.95. The molecule has 386 valence electrons. The minimum atomic E-state index is -0.726. The lowest BCUT2D eigenvalue weighted by atomic mass is 9.73. The summed E-state index contributed by atoms with van der Waals surface area (Å²) < 4.78 is 8.09. The molecule has 5 saturated heterocycles. The zero-order valence-electron chi connectivity index (χ0n) is 42.8. The van der Waals surface area contributed by atoms with E-state index in [4.69, 9.17) is 14.7 Å². The van der Waals surface area contributed by atoms with Crippen molar-refractivity contribution in [2.75, 3.05) is 74.6 Å². The van der Waals surface area contributed by atoms with E-state index in [1.165, 1.54) is 19.3 Å². The molecule has 17 heteroatoms. The molecule has 4 aromatic rings. The van der Waals surface area contributed by atoms with Crippen LogP contribution in [0, 0.1) is 11.8 Å². The summed E-state index contributed by atoms with van der Waals surface area (Å²) in [4.78, 5) is 94.0. The van der Waals surface area contributed by atoms with Crippen molar-refractivity contribution in [2.24, 2.45) is 11.8 Å². The Kier molecular flexibility index (Phi) is 12.8. The van der Waals surface area contributed by atoms with Crippen LogP contribution in [0.4, 0.5) is 17.3 Å². The molecule has 7 fully saturated rings. The highest BCUT2D eigenvalue weighted by molar-refractivity contribution is 6.09. The van der Waals surface area contributed by atoms with Gasteiger partial charge in [-0.25, -0.2) is 15.0 Å². The maximum Gasteiger partial charge on any atom is 0.238 e. The highest BCUT2D eigenvalue weighted by atomic mass is 16.5. The van der Waals surface area contributed by atoms with Gasteiger partial charge in [0.25, 0.3) is 0 Å². The number of aromatic nitrogens is 4. The first-order valence-corrected chi connectivity index (χ1v) is 27.5. The Morgan fingerprint density at radius 3 is 2.27 bits per heavy atom. The number of nitrogens with zero attached hydrogens (tertiary/aromatic N) is 9. The Morgan fingerprint density at radius 1 is 0.808 bits per heavy atom. The predicted molar refractivity (Wildman–Crippen MR) is 277 cm³/mol. The number of ether oxygens (including phenoxy) is 1. The third-order valence-corrected chi connectivity index (χ3v) is 18.0. The van der Waals surface area contributed by atoms with Crippen molar-refractivity contribution in [1.29, 1.82) is 0 Å². The molecule has 8 aliphatic rings. The van der Waals surface area contributed by atoms with E-state index in [-0.39, 0.29) is 59.6 Å². The maximum atomic E-state index is 15.3. The fourth-order valence-corrected chi connectivity index (χ4v) is 13.4. The molecule has 3 aromatic heterocycles. The summed E-state index contributed by atoms with van der Waals surface area (Å²) >= 11 is 0. The van der Waals surface area contributed by atoms with Crippen molar-refractivity contribution in [3.05, 3.63) is 60.0 Å². The smallest absolute Gasteiger partial charge is 0.238 e. The SMILES string of the molecule is COC1CC(C(=O)N2CCC3(CC2)C(=O)N(C2CC(N4CCCCC4)C2)c2cc(-c4cc5ncn(C(C)C)c5c(NC5CC5)n4)ccc23)CN(C(=O)C2CCN(c3ccc([C@H]4CCC(=O)NC4=O)cn3)CC2)C1. The topological polar surface area (TPSA) is 178 Å². The van der Waals surface area contributed by atoms with Crippen LogP contribution in [0.1, 0.15) is 127 Å². The van der Waals surface area contributed by atoms with Crippen molar-refractivity contribution < 1.29 is 28.7 Å². The molecule has 2 aliphatic carbocycles. The zero-order chi connectivity index (χ0) is 50.1. The van der Waals surface area contributed by atoms with Gasteiger partial charge in [-0.15, -0.1) is 0 Å². The Labute approximate surface area is 427 Å². The van der Waals surface area contributed by atoms with Gasteiger partial charge in [-0.1, -0.05) is 24.6 Å². The molecule has 1 spiro atoms. The van der Waals surface area contributed by atoms with Crippen molar-refractivity contribution in [1.82, 2.24) is 39.5 Å². The molecule has 2 N–H and O–H groups in total. The Hall–Kier alpha value is -5.94. The molecule has 0 radical (unpaired) electrons. The number of piperidine rings is 5. The summed E-state index contributed by atoms with van der Waals surface area (Å²) in [5, 5.41) is 6.13. The molecular formula is C56H71N11O6. The van der Waals surface area contributed by atoms with Crippen LogP contribution in [0.15, 0.2) is 48.9 Å². The third-order valence-electron chi connectivity index (χ3n) is 18.0. The van der Waals surface area contributed by atoms with Crippen LogP contribution in [-0.2, 0) is 34.1 Å². The van der Waals surface area contributed by atoms with E-state index in [1.807, 2.05) is 28.3 Å². The number of pyridine rings is 2. The average Bonchev–Trinajstić information content (AvgIpc) is 4.07. The number of likely N-dealkylation sites (tertiary alicyclic amines) is 3. The van der Waals surface area contributed by atoms with Crippen molar-refractivity contribution in [2.45, 2.75) is 145 Å². The number of benzene rings is 1. The number of imidazole rings is 1. The Bertz CT molecular complexity index is 2780. The van der Waals surface area contributed by atoms with Crippen LogP contribution in [0.2, 0.25) is 0 Å². The second-order valence-corrected chi connectivity index (χ2v) is 22.8. The fourth-order valence-electron chi connectivity index (χ4n) is 13.4. The van der Waals surface area contributed by atoms with Gasteiger partial charge in [0.1, 0.15) is 11.3 Å². The van der Waals surface area contributed by atoms with Gasteiger partial charge < -0.3 is 39.1 Å². The van der Waals surface area contributed by atoms with Crippen molar-refractivity contribution >= 4 is 57.9 Å². The number of hydrogen-bond donors (Lipinski definition) is 2. The summed E-state index contributed by atoms with van der Waals surface area (Å²) in [6.45, 7) is 9.69. The Balaban J connectivity index is 0.734. The van der Waals surface area contributed by atoms with Gasteiger partial charge in [0.2, 0.25) is 29.5 Å². The summed E-state index contributed by atoms with van der Waals surface area (Å²) in [5.41, 5.74) is 5.87. The van der Waals surface area contributed by atoms with E-state index in [0.717, 1.165) is 89.5 Å². The van der Waals surface area contributed by atoms with Crippen molar-refractivity contribution in [3.8, 4) is 11.3 Å². The number of amides is 5. The molecule has 5 amide bonds. The molecular weight excluding hydrogens is 923 g/mol. The molecule has 73 heavy (non-hydrogen) atoms. The summed E-state index contributed by atoms with van der Waals surface area (Å²) in [5.74, 6) is 0.468. The maximum absolute atomic E-state index is 15.3. The number of imide groups is 1. The van der Waals surface area contributed by atoms with E-state index in [9.17, 15) is 19.2 Å². The zero-order valence-corrected chi connectivity index (χ0v) is 42.8. The molecule has 1 aromatic carbocycles. The molecule has 17 nitrogen and oxygen atoms in total. The summed E-state index contributed by atoms with van der Waals surface area (Å²) in [6, 6.07) is 13.7. The second-order valence-electron chi connectivity index (χ2n) is 22.8. The molecule has 12 rings (SSSR count). The van der Waals surface area contributed by atoms with Gasteiger partial charge in [-0.05, 0) is 133 Å². The van der Waals surface area contributed by atoms with Crippen LogP contribution >= 0.6 is 0 Å². The predicted octanol–water partition coefficient (Wildman–Crippen LogP) is 6.17. The second kappa shape index (κ2) is 19.4. The first-order valence-electron chi connectivity index (χ1n) is 27.5.